The van der Waals surface area contributed by atoms with E-state index in [1.165, 1.54) is 49.0 Å². The zero-order chi connectivity index (χ0) is 22.7. The number of hydrogen-bond donors (Lipinski definition) is 1. The molecule has 1 N–H and O–H groups in total. The molecule has 0 saturated heterocycles. The Labute approximate surface area is 183 Å². The van der Waals surface area contributed by atoms with Crippen LogP contribution in [0.5, 0.6) is 5.75 Å². The molecule has 0 radical (unpaired) electrons. The van der Waals surface area contributed by atoms with E-state index in [9.17, 15) is 18.4 Å². The summed E-state index contributed by atoms with van der Waals surface area (Å²) in [5.74, 6) is 0.356. The third kappa shape index (κ3) is 5.11. The minimum absolute atomic E-state index is 0.0225. The van der Waals surface area contributed by atoms with Gasteiger partial charge in [0.25, 0.3) is 5.22 Å². The monoisotopic (exact) mass is 459 g/mol. The first-order valence-corrected chi connectivity index (χ1v) is 10.2. The fraction of sp³-hybridized carbons (Fsp3) is 0.143. The van der Waals surface area contributed by atoms with Crippen LogP contribution in [0, 0.1) is 0 Å². The van der Waals surface area contributed by atoms with Crippen molar-refractivity contribution in [3.8, 4) is 17.2 Å². The van der Waals surface area contributed by atoms with Crippen LogP contribution < -0.4 is 15.7 Å². The number of rotatable bonds is 7. The van der Waals surface area contributed by atoms with Gasteiger partial charge in [-0.3, -0.25) is 4.79 Å². The van der Waals surface area contributed by atoms with E-state index in [1.54, 1.807) is 18.2 Å². The number of hydrogen-bond acceptors (Lipinski definition) is 8. The van der Waals surface area contributed by atoms with Gasteiger partial charge in [0.15, 0.2) is 0 Å². The van der Waals surface area contributed by atoms with Gasteiger partial charge in [0.05, 0.1) is 0 Å². The van der Waals surface area contributed by atoms with E-state index < -0.39 is 12.2 Å². The topological polar surface area (TPSA) is 107 Å². The molecule has 0 aliphatic heterocycles. The number of halogens is 2. The smallest absolute Gasteiger partial charge is 0.387 e. The summed E-state index contributed by atoms with van der Waals surface area (Å²) in [6, 6.07) is 12.2. The number of amides is 1. The Bertz CT molecular complexity index is 1320. The average Bonchev–Trinajstić information content (AvgIpc) is 3.20. The number of ether oxygens (including phenoxy) is 1. The van der Waals surface area contributed by atoms with Crippen LogP contribution in [0.2, 0.25) is 0 Å². The summed E-state index contributed by atoms with van der Waals surface area (Å²) in [6.45, 7) is -1.52. The highest BCUT2D eigenvalue weighted by Crippen LogP contribution is 2.29. The number of carbonyl (C=O) groups excluding carboxylic acids is 1. The highest BCUT2D eigenvalue weighted by atomic mass is 32.2. The first kappa shape index (κ1) is 21.5. The molecule has 164 valence electrons. The van der Waals surface area contributed by atoms with Gasteiger partial charge in [-0.1, -0.05) is 11.8 Å². The maximum Gasteiger partial charge on any atom is 0.387 e. The Morgan fingerprint density at radius 1 is 1.12 bits per heavy atom. The normalized spacial score (nSPS) is 11.1. The van der Waals surface area contributed by atoms with Gasteiger partial charge in [-0.25, -0.2) is 4.79 Å². The zero-order valence-electron chi connectivity index (χ0n) is 16.5. The molecule has 0 bridgehead atoms. The molecular weight excluding hydrogens is 444 g/mol. The summed E-state index contributed by atoms with van der Waals surface area (Å²) < 4.78 is 39.7. The van der Waals surface area contributed by atoms with Crippen LogP contribution in [0.3, 0.4) is 0 Å². The van der Waals surface area contributed by atoms with Crippen molar-refractivity contribution in [3.63, 3.8) is 0 Å². The van der Waals surface area contributed by atoms with E-state index in [0.717, 1.165) is 0 Å². The second kappa shape index (κ2) is 9.18. The van der Waals surface area contributed by atoms with Crippen molar-refractivity contribution in [1.82, 2.24) is 10.2 Å². The molecule has 0 fully saturated rings. The van der Waals surface area contributed by atoms with E-state index in [1.807, 2.05) is 0 Å². The Hall–Kier alpha value is -3.73. The molecule has 1 amide bonds. The summed E-state index contributed by atoms with van der Waals surface area (Å²) in [6.07, 6.45) is 0. The lowest BCUT2D eigenvalue weighted by Crippen LogP contribution is -2.06. The first-order chi connectivity index (χ1) is 15.4. The molecule has 0 atom stereocenters. The zero-order valence-corrected chi connectivity index (χ0v) is 17.3. The molecule has 0 saturated carbocycles. The van der Waals surface area contributed by atoms with Crippen molar-refractivity contribution in [2.24, 2.45) is 0 Å². The lowest BCUT2D eigenvalue weighted by Gasteiger charge is -2.06. The Morgan fingerprint density at radius 3 is 2.62 bits per heavy atom. The molecule has 0 spiro atoms. The third-order valence-electron chi connectivity index (χ3n) is 4.23. The first-order valence-electron chi connectivity index (χ1n) is 9.23. The number of nitrogens with zero attached hydrogens (tertiary/aromatic N) is 2. The molecule has 2 aromatic carbocycles. The molecule has 11 heteroatoms. The van der Waals surface area contributed by atoms with Gasteiger partial charge in [-0.2, -0.15) is 8.78 Å². The molecule has 2 aromatic heterocycles. The van der Waals surface area contributed by atoms with E-state index in [0.29, 0.717) is 33.5 Å². The van der Waals surface area contributed by atoms with Crippen LogP contribution in [0.1, 0.15) is 12.5 Å². The molecule has 4 aromatic rings. The molecule has 0 aliphatic carbocycles. The second-order valence-electron chi connectivity index (χ2n) is 6.55. The molecule has 32 heavy (non-hydrogen) atoms. The number of aromatic nitrogens is 2. The highest BCUT2D eigenvalue weighted by molar-refractivity contribution is 7.98. The predicted octanol–water partition coefficient (Wildman–Crippen LogP) is 4.70. The minimum atomic E-state index is -2.90. The third-order valence-corrected chi connectivity index (χ3v) is 5.10. The van der Waals surface area contributed by atoms with Crippen molar-refractivity contribution in [1.29, 1.82) is 0 Å². The Kier molecular flexibility index (Phi) is 6.17. The number of alkyl halides is 2. The van der Waals surface area contributed by atoms with Gasteiger partial charge in [0.1, 0.15) is 11.3 Å². The van der Waals surface area contributed by atoms with Crippen LogP contribution in [0.4, 0.5) is 14.5 Å². The summed E-state index contributed by atoms with van der Waals surface area (Å²) in [7, 11) is 0. The largest absolute Gasteiger partial charge is 0.435 e. The highest BCUT2D eigenvalue weighted by Gasteiger charge is 2.13. The molecule has 4 rings (SSSR count). The van der Waals surface area contributed by atoms with E-state index >= 15 is 0 Å². The van der Waals surface area contributed by atoms with Crippen molar-refractivity contribution >= 4 is 34.3 Å². The van der Waals surface area contributed by atoms with Crippen LogP contribution in [-0.2, 0) is 10.5 Å². The summed E-state index contributed by atoms with van der Waals surface area (Å²) in [5, 5.41) is 11.6. The van der Waals surface area contributed by atoms with Gasteiger partial charge in [-0.15, -0.1) is 10.2 Å². The van der Waals surface area contributed by atoms with Crippen LogP contribution >= 0.6 is 11.8 Å². The maximum absolute atomic E-state index is 12.3. The molecule has 0 unspecified atom stereocenters. The molecular formula is C21H15F2N3O5S. The number of thioether (sulfide) groups is 1. The Morgan fingerprint density at radius 2 is 1.91 bits per heavy atom. The van der Waals surface area contributed by atoms with Gasteiger partial charge >= 0.3 is 12.2 Å². The quantitative estimate of drug-likeness (QED) is 0.313. The minimum Gasteiger partial charge on any atom is -0.435 e. The van der Waals surface area contributed by atoms with Gasteiger partial charge in [0.2, 0.25) is 11.8 Å². The average molecular weight is 459 g/mol. The predicted molar refractivity (Wildman–Crippen MR) is 113 cm³/mol. The van der Waals surface area contributed by atoms with Crippen molar-refractivity contribution in [3.05, 3.63) is 64.5 Å². The van der Waals surface area contributed by atoms with E-state index in [2.05, 4.69) is 20.3 Å². The lowest BCUT2D eigenvalue weighted by molar-refractivity contribution is -0.114. The van der Waals surface area contributed by atoms with E-state index in [-0.39, 0.29) is 22.8 Å². The SMILES string of the molecule is CC(=O)Nc1ccc2c(CSc3nnc(-c4ccc(OC(F)F)cc4)o3)cc(=O)oc2c1. The fourth-order valence-electron chi connectivity index (χ4n) is 2.93. The van der Waals surface area contributed by atoms with Crippen LogP contribution in [0.25, 0.3) is 22.4 Å². The van der Waals surface area contributed by atoms with Gasteiger partial charge < -0.3 is 18.9 Å². The second-order valence-corrected chi connectivity index (χ2v) is 7.47. The van der Waals surface area contributed by atoms with Gasteiger partial charge in [0, 0.05) is 41.4 Å². The number of benzene rings is 2. The molecule has 8 nitrogen and oxygen atoms in total. The fourth-order valence-corrected chi connectivity index (χ4v) is 3.69. The Balaban J connectivity index is 1.50. The maximum atomic E-state index is 12.3. The summed E-state index contributed by atoms with van der Waals surface area (Å²) >= 11 is 1.22. The van der Waals surface area contributed by atoms with Crippen molar-refractivity contribution in [2.45, 2.75) is 24.5 Å². The standard InChI is InChI=1S/C21H15F2N3O5S/c1-11(27)24-14-4-7-16-13(8-18(28)30-17(16)9-14)10-32-21-26-25-19(31-21)12-2-5-15(6-3-12)29-20(22)23/h2-9,20H,10H2,1H3,(H,24,27). The number of carbonyl (C=O) groups is 1. The number of anilines is 1. The molecule has 2 heterocycles. The van der Waals surface area contributed by atoms with Crippen molar-refractivity contribution < 1.29 is 27.1 Å². The van der Waals surface area contributed by atoms with Crippen molar-refractivity contribution in [2.75, 3.05) is 5.32 Å². The van der Waals surface area contributed by atoms with Crippen LogP contribution in [-0.4, -0.2) is 22.7 Å². The number of fused-ring (bicyclic) bond motifs is 1. The van der Waals surface area contributed by atoms with Gasteiger partial charge in [-0.05, 0) is 42.0 Å². The van der Waals surface area contributed by atoms with E-state index in [4.69, 9.17) is 8.83 Å². The number of nitrogens with one attached hydrogen (secondary N) is 1. The lowest BCUT2D eigenvalue weighted by atomic mass is 10.1. The van der Waals surface area contributed by atoms with Crippen LogP contribution in [0.15, 0.2) is 67.4 Å². The molecule has 0 aliphatic rings. The summed E-state index contributed by atoms with van der Waals surface area (Å²) in [4.78, 5) is 23.2. The summed E-state index contributed by atoms with van der Waals surface area (Å²) in [5.41, 5.74) is 1.58.